The maximum absolute atomic E-state index is 13.1. The van der Waals surface area contributed by atoms with Crippen LogP contribution >= 0.6 is 0 Å². The smallest absolute Gasteiger partial charge is 0.367 e. The van der Waals surface area contributed by atoms with E-state index in [1.54, 1.807) is 6.07 Å². The van der Waals surface area contributed by atoms with E-state index in [-0.39, 0.29) is 17.5 Å². The van der Waals surface area contributed by atoms with Crippen LogP contribution in [0.5, 0.6) is 0 Å². The second-order valence-electron chi connectivity index (χ2n) is 7.86. The molecule has 6 heteroatoms. The zero-order chi connectivity index (χ0) is 19.9. The molecule has 1 aliphatic carbocycles. The van der Waals surface area contributed by atoms with Crippen molar-refractivity contribution in [3.8, 4) is 0 Å². The minimum atomic E-state index is -4.35. The number of carbonyl (C=O) groups excluding carboxylic acids is 1. The fourth-order valence-corrected chi connectivity index (χ4v) is 3.68. The Bertz CT molecular complexity index is 866. The lowest BCUT2D eigenvalue weighted by Crippen LogP contribution is -2.59. The molecular weight excluding hydrogens is 365 g/mol. The van der Waals surface area contributed by atoms with Gasteiger partial charge in [0.1, 0.15) is 0 Å². The molecular formula is C22H23F3N2O. The summed E-state index contributed by atoms with van der Waals surface area (Å²) in [4.78, 5) is 14.1. The van der Waals surface area contributed by atoms with Crippen molar-refractivity contribution in [1.82, 2.24) is 5.32 Å². The van der Waals surface area contributed by atoms with Gasteiger partial charge in [-0.2, -0.15) is 13.2 Å². The van der Waals surface area contributed by atoms with Gasteiger partial charge in [0.25, 0.3) is 0 Å². The summed E-state index contributed by atoms with van der Waals surface area (Å²) in [5.41, 5.74) is 2.47. The van der Waals surface area contributed by atoms with Gasteiger partial charge in [-0.05, 0) is 54.5 Å². The molecule has 1 amide bonds. The molecule has 1 saturated carbocycles. The lowest BCUT2D eigenvalue weighted by molar-refractivity contribution is -0.138. The van der Waals surface area contributed by atoms with E-state index >= 15 is 0 Å². The summed E-state index contributed by atoms with van der Waals surface area (Å²) in [7, 11) is 0. The van der Waals surface area contributed by atoms with E-state index in [9.17, 15) is 18.0 Å². The Hall–Kier alpha value is -2.50. The van der Waals surface area contributed by atoms with Crippen molar-refractivity contribution in [2.45, 2.75) is 44.3 Å². The van der Waals surface area contributed by atoms with Gasteiger partial charge in [-0.1, -0.05) is 30.3 Å². The summed E-state index contributed by atoms with van der Waals surface area (Å²) >= 11 is 0. The van der Waals surface area contributed by atoms with Crippen molar-refractivity contribution in [3.05, 3.63) is 64.7 Å². The standard InChI is InChI=1S/C22H23F3N2O/c1-14-2-9-19(11-20(14)22(23,24)25)27-12-18(13-27)26-21(28)10-15-3-5-16(6-4-15)17-7-8-17/h2-6,9,11,17-18H,7-8,10,12-13H2,1H3,(H,26,28). The third kappa shape index (κ3) is 4.16. The number of benzene rings is 2. The molecule has 1 heterocycles. The second kappa shape index (κ2) is 7.15. The summed E-state index contributed by atoms with van der Waals surface area (Å²) < 4.78 is 39.2. The van der Waals surface area contributed by atoms with E-state index in [0.717, 1.165) is 5.56 Å². The number of anilines is 1. The van der Waals surface area contributed by atoms with Crippen molar-refractivity contribution in [2.24, 2.45) is 0 Å². The summed E-state index contributed by atoms with van der Waals surface area (Å²) in [6.07, 6.45) is -1.52. The minimum Gasteiger partial charge on any atom is -0.367 e. The normalized spacial score (nSPS) is 17.4. The summed E-state index contributed by atoms with van der Waals surface area (Å²) in [5, 5.41) is 2.97. The van der Waals surface area contributed by atoms with E-state index < -0.39 is 11.7 Å². The Morgan fingerprint density at radius 2 is 1.79 bits per heavy atom. The van der Waals surface area contributed by atoms with Gasteiger partial charge < -0.3 is 10.2 Å². The average molecular weight is 388 g/mol. The first-order valence-corrected chi connectivity index (χ1v) is 9.60. The Morgan fingerprint density at radius 3 is 2.39 bits per heavy atom. The average Bonchev–Trinajstić information content (AvgIpc) is 3.43. The highest BCUT2D eigenvalue weighted by Crippen LogP contribution is 2.40. The fourth-order valence-electron chi connectivity index (χ4n) is 3.68. The van der Waals surface area contributed by atoms with E-state index in [2.05, 4.69) is 17.4 Å². The van der Waals surface area contributed by atoms with E-state index in [4.69, 9.17) is 0 Å². The van der Waals surface area contributed by atoms with Gasteiger partial charge in [-0.25, -0.2) is 0 Å². The van der Waals surface area contributed by atoms with Crippen molar-refractivity contribution in [3.63, 3.8) is 0 Å². The first-order valence-electron chi connectivity index (χ1n) is 9.60. The molecule has 0 radical (unpaired) electrons. The van der Waals surface area contributed by atoms with E-state index in [1.165, 1.54) is 37.5 Å². The van der Waals surface area contributed by atoms with Crippen LogP contribution in [0.15, 0.2) is 42.5 Å². The summed E-state index contributed by atoms with van der Waals surface area (Å²) in [6, 6.07) is 12.6. The van der Waals surface area contributed by atoms with Crippen molar-refractivity contribution in [1.29, 1.82) is 0 Å². The van der Waals surface area contributed by atoms with Gasteiger partial charge in [0, 0.05) is 18.8 Å². The molecule has 3 nitrogen and oxygen atoms in total. The number of halogens is 3. The van der Waals surface area contributed by atoms with Gasteiger partial charge >= 0.3 is 6.18 Å². The molecule has 1 saturated heterocycles. The molecule has 148 valence electrons. The largest absolute Gasteiger partial charge is 0.416 e. The minimum absolute atomic E-state index is 0.0334. The predicted octanol–water partition coefficient (Wildman–Crippen LogP) is 4.44. The van der Waals surface area contributed by atoms with Crippen LogP contribution in [0.2, 0.25) is 0 Å². The maximum atomic E-state index is 13.1. The topological polar surface area (TPSA) is 32.3 Å². The number of amides is 1. The zero-order valence-corrected chi connectivity index (χ0v) is 15.7. The van der Waals surface area contributed by atoms with E-state index in [0.29, 0.717) is 31.1 Å². The number of nitrogens with zero attached hydrogens (tertiary/aromatic N) is 1. The first kappa shape index (κ1) is 18.8. The Balaban J connectivity index is 1.29. The molecule has 2 aromatic carbocycles. The fraction of sp³-hybridized carbons (Fsp3) is 0.409. The summed E-state index contributed by atoms with van der Waals surface area (Å²) in [6.45, 7) is 2.50. The molecule has 1 N–H and O–H groups in total. The maximum Gasteiger partial charge on any atom is 0.416 e. The monoisotopic (exact) mass is 388 g/mol. The molecule has 2 aromatic rings. The Kier molecular flexibility index (Phi) is 4.81. The molecule has 0 spiro atoms. The lowest BCUT2D eigenvalue weighted by Gasteiger charge is -2.41. The molecule has 2 aliphatic rings. The van der Waals surface area contributed by atoms with Crippen LogP contribution in [-0.4, -0.2) is 25.0 Å². The SMILES string of the molecule is Cc1ccc(N2CC(NC(=O)Cc3ccc(C4CC4)cc3)C2)cc1C(F)(F)F. The molecule has 0 bridgehead atoms. The molecule has 0 atom stereocenters. The number of rotatable bonds is 5. The van der Waals surface area contributed by atoms with Crippen LogP contribution in [0.1, 0.15) is 41.0 Å². The lowest BCUT2D eigenvalue weighted by atomic mass is 10.0. The van der Waals surface area contributed by atoms with Crippen LogP contribution in [0, 0.1) is 6.92 Å². The van der Waals surface area contributed by atoms with Crippen LogP contribution in [-0.2, 0) is 17.4 Å². The molecule has 2 fully saturated rings. The van der Waals surface area contributed by atoms with Gasteiger partial charge in [0.2, 0.25) is 5.91 Å². The quantitative estimate of drug-likeness (QED) is 0.821. The highest BCUT2D eigenvalue weighted by Gasteiger charge is 2.34. The van der Waals surface area contributed by atoms with Crippen LogP contribution in [0.3, 0.4) is 0 Å². The Labute approximate surface area is 162 Å². The number of nitrogens with one attached hydrogen (secondary N) is 1. The van der Waals surface area contributed by atoms with Crippen LogP contribution in [0.4, 0.5) is 18.9 Å². The summed E-state index contributed by atoms with van der Waals surface area (Å²) in [5.74, 6) is 0.646. The van der Waals surface area contributed by atoms with Crippen molar-refractivity contribution < 1.29 is 18.0 Å². The molecule has 1 aliphatic heterocycles. The third-order valence-corrected chi connectivity index (χ3v) is 5.53. The molecule has 0 aromatic heterocycles. The highest BCUT2D eigenvalue weighted by atomic mass is 19.4. The van der Waals surface area contributed by atoms with Crippen LogP contribution in [0.25, 0.3) is 0 Å². The number of alkyl halides is 3. The number of hydrogen-bond donors (Lipinski definition) is 1. The molecule has 0 unspecified atom stereocenters. The number of hydrogen-bond acceptors (Lipinski definition) is 2. The number of aryl methyl sites for hydroxylation is 1. The van der Waals surface area contributed by atoms with E-state index in [1.807, 2.05) is 17.0 Å². The third-order valence-electron chi connectivity index (χ3n) is 5.53. The molecule has 4 rings (SSSR count). The highest BCUT2D eigenvalue weighted by molar-refractivity contribution is 5.79. The zero-order valence-electron chi connectivity index (χ0n) is 15.7. The van der Waals surface area contributed by atoms with Crippen LogP contribution < -0.4 is 10.2 Å². The van der Waals surface area contributed by atoms with Gasteiger partial charge in [0.15, 0.2) is 0 Å². The van der Waals surface area contributed by atoms with Gasteiger partial charge in [-0.3, -0.25) is 4.79 Å². The number of carbonyl (C=O) groups is 1. The Morgan fingerprint density at radius 1 is 1.11 bits per heavy atom. The van der Waals surface area contributed by atoms with Gasteiger partial charge in [-0.15, -0.1) is 0 Å². The predicted molar refractivity (Wildman–Crippen MR) is 102 cm³/mol. The second-order valence-corrected chi connectivity index (χ2v) is 7.86. The van der Waals surface area contributed by atoms with Gasteiger partial charge in [0.05, 0.1) is 18.0 Å². The first-order chi connectivity index (χ1) is 13.3. The molecule has 28 heavy (non-hydrogen) atoms. The van der Waals surface area contributed by atoms with Crippen molar-refractivity contribution >= 4 is 11.6 Å². The van der Waals surface area contributed by atoms with Crippen molar-refractivity contribution in [2.75, 3.05) is 18.0 Å².